The molecule has 0 aliphatic rings. The van der Waals surface area contributed by atoms with E-state index in [-0.39, 0.29) is 12.5 Å². The minimum absolute atomic E-state index is 0.0194. The highest BCUT2D eigenvalue weighted by molar-refractivity contribution is 5.76. The van der Waals surface area contributed by atoms with Gasteiger partial charge in [0.1, 0.15) is 0 Å². The van der Waals surface area contributed by atoms with Gasteiger partial charge in [0.25, 0.3) is 0 Å². The lowest BCUT2D eigenvalue weighted by Gasteiger charge is -2.21. The number of aliphatic hydroxyl groups excluding tert-OH is 1. The largest absolute Gasteiger partial charge is 0.395 e. The fourth-order valence-corrected chi connectivity index (χ4v) is 1.17. The van der Waals surface area contributed by atoms with Gasteiger partial charge in [-0.05, 0) is 6.42 Å². The molecule has 14 heavy (non-hydrogen) atoms. The predicted octanol–water partition coefficient (Wildman–Crippen LogP) is 1.02. The minimum Gasteiger partial charge on any atom is -0.395 e. The van der Waals surface area contributed by atoms with Crippen molar-refractivity contribution in [1.29, 1.82) is 0 Å². The highest BCUT2D eigenvalue weighted by Gasteiger charge is 2.10. The van der Waals surface area contributed by atoms with Gasteiger partial charge in [0, 0.05) is 25.9 Å². The van der Waals surface area contributed by atoms with E-state index in [2.05, 4.69) is 12.8 Å². The molecule has 0 fully saturated rings. The van der Waals surface area contributed by atoms with E-state index in [0.29, 0.717) is 19.4 Å². The number of carbonyl (C=O) groups is 1. The molecule has 0 saturated carbocycles. The van der Waals surface area contributed by atoms with Crippen molar-refractivity contribution in [3.63, 3.8) is 0 Å². The molecule has 0 rings (SSSR count). The van der Waals surface area contributed by atoms with Crippen LogP contribution in [0, 0.1) is 12.3 Å². The zero-order valence-corrected chi connectivity index (χ0v) is 8.83. The van der Waals surface area contributed by atoms with Crippen LogP contribution in [0.25, 0.3) is 0 Å². The number of hydrogen-bond acceptors (Lipinski definition) is 2. The van der Waals surface area contributed by atoms with E-state index >= 15 is 0 Å². The monoisotopic (exact) mass is 197 g/mol. The second-order valence-electron chi connectivity index (χ2n) is 3.16. The topological polar surface area (TPSA) is 40.5 Å². The van der Waals surface area contributed by atoms with Crippen LogP contribution in [0.2, 0.25) is 0 Å². The van der Waals surface area contributed by atoms with Gasteiger partial charge in [-0.3, -0.25) is 4.79 Å². The van der Waals surface area contributed by atoms with Gasteiger partial charge in [-0.15, -0.1) is 12.3 Å². The molecule has 0 aliphatic carbocycles. The van der Waals surface area contributed by atoms with Crippen LogP contribution in [-0.4, -0.2) is 35.6 Å². The molecule has 3 nitrogen and oxygen atoms in total. The molecule has 0 spiro atoms. The smallest absolute Gasteiger partial charge is 0.223 e. The molecule has 1 N–H and O–H groups in total. The Morgan fingerprint density at radius 2 is 2.21 bits per heavy atom. The average Bonchev–Trinajstić information content (AvgIpc) is 2.20. The third-order valence-electron chi connectivity index (χ3n) is 1.99. The second-order valence-corrected chi connectivity index (χ2v) is 3.16. The Kier molecular flexibility index (Phi) is 7.96. The molecule has 0 atom stereocenters. The van der Waals surface area contributed by atoms with E-state index in [1.165, 1.54) is 0 Å². The van der Waals surface area contributed by atoms with Crippen LogP contribution in [0.4, 0.5) is 0 Å². The summed E-state index contributed by atoms with van der Waals surface area (Å²) in [5.74, 6) is 2.49. The van der Waals surface area contributed by atoms with Crippen molar-refractivity contribution in [1.82, 2.24) is 4.90 Å². The zero-order chi connectivity index (χ0) is 10.8. The van der Waals surface area contributed by atoms with Crippen LogP contribution in [0.15, 0.2) is 0 Å². The maximum absolute atomic E-state index is 11.5. The first kappa shape index (κ1) is 13.0. The quantitative estimate of drug-likeness (QED) is 0.619. The van der Waals surface area contributed by atoms with E-state index in [9.17, 15) is 4.79 Å². The highest BCUT2D eigenvalue weighted by atomic mass is 16.3. The number of amides is 1. The van der Waals surface area contributed by atoms with Crippen molar-refractivity contribution >= 4 is 5.91 Å². The normalized spacial score (nSPS) is 9.50. The SMILES string of the molecule is C#CCCC(=O)N(CCO)CCCC. The molecular formula is C11H19NO2. The molecule has 0 unspecified atom stereocenters. The van der Waals surface area contributed by atoms with Gasteiger partial charge in [0.2, 0.25) is 5.91 Å². The first-order chi connectivity index (χ1) is 6.76. The third-order valence-corrected chi connectivity index (χ3v) is 1.99. The molecule has 0 aliphatic heterocycles. The van der Waals surface area contributed by atoms with E-state index in [0.717, 1.165) is 19.4 Å². The van der Waals surface area contributed by atoms with Crippen molar-refractivity contribution in [2.75, 3.05) is 19.7 Å². The standard InChI is InChI=1S/C11H19NO2/c1-3-5-7-11(14)12(9-10-13)8-6-4-2/h1,13H,4-10H2,2H3. The Morgan fingerprint density at radius 3 is 2.71 bits per heavy atom. The molecule has 0 heterocycles. The second kappa shape index (κ2) is 8.58. The molecule has 3 heteroatoms. The van der Waals surface area contributed by atoms with Gasteiger partial charge in [-0.2, -0.15) is 0 Å². The first-order valence-electron chi connectivity index (χ1n) is 5.08. The summed E-state index contributed by atoms with van der Waals surface area (Å²) in [6, 6.07) is 0. The predicted molar refractivity (Wildman–Crippen MR) is 56.6 cm³/mol. The Morgan fingerprint density at radius 1 is 1.50 bits per heavy atom. The van der Waals surface area contributed by atoms with Crippen molar-refractivity contribution in [2.45, 2.75) is 32.6 Å². The van der Waals surface area contributed by atoms with Gasteiger partial charge in [0.15, 0.2) is 0 Å². The van der Waals surface area contributed by atoms with E-state index in [4.69, 9.17) is 11.5 Å². The summed E-state index contributed by atoms with van der Waals surface area (Å²) in [7, 11) is 0. The lowest BCUT2D eigenvalue weighted by molar-refractivity contribution is -0.131. The Hall–Kier alpha value is -1.01. The van der Waals surface area contributed by atoms with Crippen molar-refractivity contribution in [3.8, 4) is 12.3 Å². The third kappa shape index (κ3) is 5.60. The Labute approximate surface area is 86.1 Å². The van der Waals surface area contributed by atoms with Gasteiger partial charge in [-0.25, -0.2) is 0 Å². The average molecular weight is 197 g/mol. The van der Waals surface area contributed by atoms with Crippen LogP contribution in [0.5, 0.6) is 0 Å². The lowest BCUT2D eigenvalue weighted by atomic mass is 10.2. The maximum atomic E-state index is 11.5. The van der Waals surface area contributed by atoms with Crippen molar-refractivity contribution in [3.05, 3.63) is 0 Å². The summed E-state index contributed by atoms with van der Waals surface area (Å²) in [6.07, 6.45) is 7.97. The lowest BCUT2D eigenvalue weighted by Crippen LogP contribution is -2.34. The van der Waals surface area contributed by atoms with Crippen LogP contribution >= 0.6 is 0 Å². The number of hydrogen-bond donors (Lipinski definition) is 1. The van der Waals surface area contributed by atoms with Crippen molar-refractivity contribution < 1.29 is 9.90 Å². The number of rotatable bonds is 7. The molecule has 80 valence electrons. The van der Waals surface area contributed by atoms with Crippen LogP contribution < -0.4 is 0 Å². The minimum atomic E-state index is 0.0194. The van der Waals surface area contributed by atoms with Crippen LogP contribution in [-0.2, 0) is 4.79 Å². The fraction of sp³-hybridized carbons (Fsp3) is 0.727. The summed E-state index contributed by atoms with van der Waals surface area (Å²) in [4.78, 5) is 13.2. The van der Waals surface area contributed by atoms with Gasteiger partial charge >= 0.3 is 0 Å². The number of aliphatic hydroxyl groups is 1. The number of unbranched alkanes of at least 4 members (excludes halogenated alkanes) is 1. The Balaban J connectivity index is 3.91. The summed E-state index contributed by atoms with van der Waals surface area (Å²) in [5, 5.41) is 8.78. The van der Waals surface area contributed by atoms with E-state index < -0.39 is 0 Å². The first-order valence-corrected chi connectivity index (χ1v) is 5.08. The summed E-state index contributed by atoms with van der Waals surface area (Å²) in [5.41, 5.74) is 0. The molecule has 0 aromatic carbocycles. The van der Waals surface area contributed by atoms with Gasteiger partial charge in [0.05, 0.1) is 6.61 Å². The molecule has 0 bridgehead atoms. The van der Waals surface area contributed by atoms with Gasteiger partial charge < -0.3 is 10.0 Å². The highest BCUT2D eigenvalue weighted by Crippen LogP contribution is 2.00. The molecule has 0 aromatic heterocycles. The molecule has 0 saturated heterocycles. The Bertz CT molecular complexity index is 196. The number of carbonyl (C=O) groups excluding carboxylic acids is 1. The van der Waals surface area contributed by atoms with E-state index in [1.807, 2.05) is 0 Å². The fourth-order valence-electron chi connectivity index (χ4n) is 1.17. The molecule has 0 aromatic rings. The summed E-state index contributed by atoms with van der Waals surface area (Å²) >= 11 is 0. The molecule has 0 radical (unpaired) electrons. The van der Waals surface area contributed by atoms with Crippen LogP contribution in [0.1, 0.15) is 32.6 Å². The molecular weight excluding hydrogens is 178 g/mol. The number of terminal acetylenes is 1. The maximum Gasteiger partial charge on any atom is 0.223 e. The summed E-state index contributed by atoms with van der Waals surface area (Å²) < 4.78 is 0. The number of nitrogens with zero attached hydrogens (tertiary/aromatic N) is 1. The zero-order valence-electron chi connectivity index (χ0n) is 8.83. The van der Waals surface area contributed by atoms with Crippen molar-refractivity contribution in [2.24, 2.45) is 0 Å². The van der Waals surface area contributed by atoms with Crippen LogP contribution in [0.3, 0.4) is 0 Å². The van der Waals surface area contributed by atoms with Gasteiger partial charge in [-0.1, -0.05) is 13.3 Å². The van der Waals surface area contributed by atoms with E-state index in [1.54, 1.807) is 4.90 Å². The summed E-state index contributed by atoms with van der Waals surface area (Å²) in [6.45, 7) is 3.23. The molecule has 1 amide bonds.